The SMILES string of the molecule is CCOC(=O)C[C@@]1(c2ccccc2)SC(NC(C)=O)=NN1C(C)=O. The molecule has 0 aliphatic carbocycles. The average molecular weight is 349 g/mol. The Bertz CT molecular complexity index is 677. The minimum absolute atomic E-state index is 0.0817. The number of ether oxygens (including phenoxy) is 1. The molecule has 0 saturated heterocycles. The predicted octanol–water partition coefficient (Wildman–Crippen LogP) is 1.80. The molecule has 8 heteroatoms. The van der Waals surface area contributed by atoms with Gasteiger partial charge in [-0.2, -0.15) is 0 Å². The van der Waals surface area contributed by atoms with Crippen molar-refractivity contribution in [2.24, 2.45) is 5.10 Å². The number of carbonyl (C=O) groups excluding carboxylic acids is 3. The number of amides is 2. The zero-order chi connectivity index (χ0) is 17.7. The first-order valence-electron chi connectivity index (χ1n) is 7.46. The third-order valence-electron chi connectivity index (χ3n) is 3.29. The van der Waals surface area contributed by atoms with Crippen molar-refractivity contribution in [2.75, 3.05) is 6.61 Å². The predicted molar refractivity (Wildman–Crippen MR) is 90.7 cm³/mol. The van der Waals surface area contributed by atoms with E-state index in [1.54, 1.807) is 6.92 Å². The number of rotatable bonds is 4. The Kier molecular flexibility index (Phi) is 5.61. The van der Waals surface area contributed by atoms with Gasteiger partial charge in [-0.25, -0.2) is 5.01 Å². The summed E-state index contributed by atoms with van der Waals surface area (Å²) in [6.07, 6.45) is -0.0817. The molecule has 1 aliphatic heterocycles. The molecule has 24 heavy (non-hydrogen) atoms. The van der Waals surface area contributed by atoms with Crippen LogP contribution in [0, 0.1) is 0 Å². The highest BCUT2D eigenvalue weighted by molar-refractivity contribution is 8.14. The summed E-state index contributed by atoms with van der Waals surface area (Å²) in [5.74, 6) is -1.08. The van der Waals surface area contributed by atoms with E-state index in [0.29, 0.717) is 0 Å². The second-order valence-corrected chi connectivity index (χ2v) is 6.42. The van der Waals surface area contributed by atoms with Crippen LogP contribution in [0.3, 0.4) is 0 Å². The second-order valence-electron chi connectivity index (χ2n) is 5.15. The van der Waals surface area contributed by atoms with E-state index in [0.717, 1.165) is 17.3 Å². The lowest BCUT2D eigenvalue weighted by Crippen LogP contribution is -2.42. The van der Waals surface area contributed by atoms with Crippen LogP contribution in [0.1, 0.15) is 32.8 Å². The summed E-state index contributed by atoms with van der Waals surface area (Å²) in [6, 6.07) is 9.10. The summed E-state index contributed by atoms with van der Waals surface area (Å²) in [5.41, 5.74) is 0.724. The molecule has 1 heterocycles. The van der Waals surface area contributed by atoms with Gasteiger partial charge < -0.3 is 10.1 Å². The van der Waals surface area contributed by atoms with Gasteiger partial charge in [-0.05, 0) is 12.5 Å². The van der Waals surface area contributed by atoms with Gasteiger partial charge in [-0.3, -0.25) is 14.4 Å². The van der Waals surface area contributed by atoms with Gasteiger partial charge in [0.15, 0.2) is 10.0 Å². The molecule has 0 fully saturated rings. The van der Waals surface area contributed by atoms with E-state index in [1.165, 1.54) is 18.9 Å². The van der Waals surface area contributed by atoms with Crippen LogP contribution < -0.4 is 5.32 Å². The van der Waals surface area contributed by atoms with Gasteiger partial charge in [0.1, 0.15) is 0 Å². The maximum absolute atomic E-state index is 12.2. The smallest absolute Gasteiger partial charge is 0.309 e. The van der Waals surface area contributed by atoms with E-state index < -0.39 is 10.8 Å². The number of hydrazone groups is 1. The van der Waals surface area contributed by atoms with Crippen molar-refractivity contribution in [3.8, 4) is 0 Å². The van der Waals surface area contributed by atoms with Gasteiger partial charge in [-0.1, -0.05) is 42.1 Å². The Morgan fingerprint density at radius 1 is 1.25 bits per heavy atom. The topological polar surface area (TPSA) is 88.1 Å². The van der Waals surface area contributed by atoms with Gasteiger partial charge in [-0.15, -0.1) is 5.10 Å². The molecule has 1 aliphatic rings. The molecular weight excluding hydrogens is 330 g/mol. The van der Waals surface area contributed by atoms with E-state index in [2.05, 4.69) is 10.4 Å². The van der Waals surface area contributed by atoms with Crippen molar-refractivity contribution in [1.82, 2.24) is 10.3 Å². The van der Waals surface area contributed by atoms with Gasteiger partial charge in [0, 0.05) is 13.8 Å². The standard InChI is InChI=1S/C16H19N3O4S/c1-4-23-14(22)10-16(13-8-6-5-7-9-13)19(12(3)21)18-15(24-16)17-11(2)20/h5-9H,4,10H2,1-3H3,(H,17,18,20)/t16-/m0/s1. The summed E-state index contributed by atoms with van der Waals surface area (Å²) in [7, 11) is 0. The highest BCUT2D eigenvalue weighted by atomic mass is 32.2. The molecule has 0 saturated carbocycles. The minimum atomic E-state index is -1.09. The molecule has 1 atom stereocenters. The lowest BCUT2D eigenvalue weighted by Gasteiger charge is -2.34. The van der Waals surface area contributed by atoms with Crippen molar-refractivity contribution in [2.45, 2.75) is 32.1 Å². The van der Waals surface area contributed by atoms with Crippen LogP contribution in [0.2, 0.25) is 0 Å². The number of amidine groups is 1. The molecule has 0 bridgehead atoms. The highest BCUT2D eigenvalue weighted by Crippen LogP contribution is 2.48. The molecule has 2 amide bonds. The van der Waals surface area contributed by atoms with Crippen molar-refractivity contribution in [1.29, 1.82) is 0 Å². The van der Waals surface area contributed by atoms with Gasteiger partial charge in [0.05, 0.1) is 13.0 Å². The summed E-state index contributed by atoms with van der Waals surface area (Å²) in [5, 5.41) is 8.28. The number of hydrogen-bond acceptors (Lipinski definition) is 6. The van der Waals surface area contributed by atoms with Crippen LogP contribution in [0.25, 0.3) is 0 Å². The van der Waals surface area contributed by atoms with Crippen LogP contribution in [0.15, 0.2) is 35.4 Å². The molecule has 2 rings (SSSR count). The first-order valence-corrected chi connectivity index (χ1v) is 8.28. The number of carbonyl (C=O) groups is 3. The summed E-state index contributed by atoms with van der Waals surface area (Å²) in [6.45, 7) is 4.68. The van der Waals surface area contributed by atoms with E-state index in [-0.39, 0.29) is 30.0 Å². The van der Waals surface area contributed by atoms with Crippen molar-refractivity contribution in [3.05, 3.63) is 35.9 Å². The molecule has 0 unspecified atom stereocenters. The average Bonchev–Trinajstić information content (AvgIpc) is 2.87. The maximum Gasteiger partial charge on any atom is 0.309 e. The van der Waals surface area contributed by atoms with E-state index in [1.807, 2.05) is 30.3 Å². The zero-order valence-corrected chi connectivity index (χ0v) is 14.6. The lowest BCUT2D eigenvalue weighted by molar-refractivity contribution is -0.146. The fraction of sp³-hybridized carbons (Fsp3) is 0.375. The van der Waals surface area contributed by atoms with Crippen LogP contribution >= 0.6 is 11.8 Å². The first kappa shape index (κ1) is 18.0. The molecule has 7 nitrogen and oxygen atoms in total. The molecule has 1 N–H and O–H groups in total. The third kappa shape index (κ3) is 3.76. The number of esters is 1. The van der Waals surface area contributed by atoms with E-state index in [9.17, 15) is 14.4 Å². The van der Waals surface area contributed by atoms with Crippen LogP contribution in [0.5, 0.6) is 0 Å². The zero-order valence-electron chi connectivity index (χ0n) is 13.7. The molecule has 1 aromatic rings. The summed E-state index contributed by atoms with van der Waals surface area (Å²) < 4.78 is 5.07. The van der Waals surface area contributed by atoms with E-state index >= 15 is 0 Å². The highest BCUT2D eigenvalue weighted by Gasteiger charge is 2.49. The first-order chi connectivity index (χ1) is 11.4. The molecule has 1 aromatic carbocycles. The Morgan fingerprint density at radius 2 is 1.92 bits per heavy atom. The normalized spacial score (nSPS) is 19.6. The molecule has 128 valence electrons. The molecule has 0 radical (unpaired) electrons. The quantitative estimate of drug-likeness (QED) is 0.838. The van der Waals surface area contributed by atoms with Crippen molar-refractivity contribution < 1.29 is 19.1 Å². The maximum atomic E-state index is 12.2. The Morgan fingerprint density at radius 3 is 2.46 bits per heavy atom. The van der Waals surface area contributed by atoms with Crippen LogP contribution in [-0.4, -0.2) is 34.6 Å². The molecule has 0 aromatic heterocycles. The minimum Gasteiger partial charge on any atom is -0.466 e. The summed E-state index contributed by atoms with van der Waals surface area (Å²) >= 11 is 1.15. The number of benzene rings is 1. The van der Waals surface area contributed by atoms with Gasteiger partial charge in [0.2, 0.25) is 11.8 Å². The van der Waals surface area contributed by atoms with Gasteiger partial charge >= 0.3 is 5.97 Å². The fourth-order valence-electron chi connectivity index (χ4n) is 2.42. The molecular formula is C16H19N3O4S. The number of thioether (sulfide) groups is 1. The number of nitrogens with zero attached hydrogens (tertiary/aromatic N) is 2. The lowest BCUT2D eigenvalue weighted by atomic mass is 10.0. The fourth-order valence-corrected chi connectivity index (χ4v) is 3.76. The van der Waals surface area contributed by atoms with Crippen molar-refractivity contribution >= 4 is 34.7 Å². The Labute approximate surface area is 144 Å². The Balaban J connectivity index is 2.47. The van der Waals surface area contributed by atoms with E-state index in [4.69, 9.17) is 4.74 Å². The van der Waals surface area contributed by atoms with Crippen LogP contribution in [-0.2, 0) is 24.0 Å². The number of nitrogens with one attached hydrogen (secondary N) is 1. The van der Waals surface area contributed by atoms with Crippen molar-refractivity contribution in [3.63, 3.8) is 0 Å². The second kappa shape index (κ2) is 7.48. The third-order valence-corrected chi connectivity index (χ3v) is 4.56. The Hall–Kier alpha value is -2.35. The molecule has 0 spiro atoms. The van der Waals surface area contributed by atoms with Crippen LogP contribution in [0.4, 0.5) is 0 Å². The van der Waals surface area contributed by atoms with Gasteiger partial charge in [0.25, 0.3) is 0 Å². The summed E-state index contributed by atoms with van der Waals surface area (Å²) in [4.78, 5) is 34.6. The number of hydrogen-bond donors (Lipinski definition) is 1. The largest absolute Gasteiger partial charge is 0.466 e. The monoisotopic (exact) mass is 349 g/mol.